The van der Waals surface area contributed by atoms with Gasteiger partial charge in [-0.05, 0) is 68.2 Å². The van der Waals surface area contributed by atoms with Crippen LogP contribution >= 0.6 is 0 Å². The number of fused-ring (bicyclic) bond motifs is 5. The van der Waals surface area contributed by atoms with Crippen LogP contribution in [-0.4, -0.2) is 29.7 Å². The van der Waals surface area contributed by atoms with E-state index >= 15 is 0 Å². The van der Waals surface area contributed by atoms with Gasteiger partial charge in [-0.2, -0.15) is 0 Å². The van der Waals surface area contributed by atoms with Crippen LogP contribution in [-0.2, 0) is 14.3 Å². The van der Waals surface area contributed by atoms with Crippen LogP contribution in [0.2, 0.25) is 0 Å². The van der Waals surface area contributed by atoms with Crippen molar-refractivity contribution in [3.8, 4) is 0 Å². The first-order valence-electron chi connectivity index (χ1n) is 13.2. The Morgan fingerprint density at radius 1 is 0.842 bits per heavy atom. The van der Waals surface area contributed by atoms with Gasteiger partial charge in [-0.1, -0.05) is 66.2 Å². The smallest absolute Gasteiger partial charge is 0.338 e. The fourth-order valence-electron chi connectivity index (χ4n) is 6.80. The van der Waals surface area contributed by atoms with Crippen molar-refractivity contribution in [2.45, 2.75) is 38.7 Å². The van der Waals surface area contributed by atoms with E-state index in [4.69, 9.17) is 4.74 Å². The van der Waals surface area contributed by atoms with Crippen molar-refractivity contribution in [1.82, 2.24) is 0 Å². The lowest BCUT2D eigenvalue weighted by Crippen LogP contribution is -2.33. The van der Waals surface area contributed by atoms with Crippen molar-refractivity contribution in [1.29, 1.82) is 0 Å². The standard InChI is InChI=1S/C32H29NO5/c1-18-11-13-21(14-12-18)29(34)19(2)38-32(37)22-9-6-10-24(15-22)33-30(35)27-23-16-25(20-7-4-3-5-8-20)26(17-23)28(27)31(33)36/h3-15,19,23,25-28H,16-17H2,1-2H3/t19-,23+,25+,26+,27+,28-/m0/s1. The molecule has 1 saturated heterocycles. The zero-order valence-electron chi connectivity index (χ0n) is 21.4. The van der Waals surface area contributed by atoms with Crippen molar-refractivity contribution in [3.63, 3.8) is 0 Å². The number of anilines is 1. The highest BCUT2D eigenvalue weighted by atomic mass is 16.5. The number of carbonyl (C=O) groups excluding carboxylic acids is 4. The summed E-state index contributed by atoms with van der Waals surface area (Å²) < 4.78 is 5.46. The summed E-state index contributed by atoms with van der Waals surface area (Å²) in [7, 11) is 0. The molecule has 3 fully saturated rings. The third-order valence-electron chi connectivity index (χ3n) is 8.57. The lowest BCUT2D eigenvalue weighted by Gasteiger charge is -2.28. The number of amides is 2. The van der Waals surface area contributed by atoms with Gasteiger partial charge in [-0.25, -0.2) is 4.79 Å². The fraction of sp³-hybridized carbons (Fsp3) is 0.312. The number of benzene rings is 3. The fourth-order valence-corrected chi connectivity index (χ4v) is 6.80. The first-order chi connectivity index (χ1) is 18.3. The minimum Gasteiger partial charge on any atom is -0.451 e. The molecule has 0 N–H and O–H groups in total. The number of ketones is 1. The molecule has 38 heavy (non-hydrogen) atoms. The molecule has 2 aliphatic carbocycles. The van der Waals surface area contributed by atoms with Crippen LogP contribution in [0.3, 0.4) is 0 Å². The molecule has 6 heteroatoms. The molecule has 0 aromatic heterocycles. The summed E-state index contributed by atoms with van der Waals surface area (Å²) in [5.74, 6) is -1.32. The van der Waals surface area contributed by atoms with Crippen LogP contribution in [0.4, 0.5) is 5.69 Å². The van der Waals surface area contributed by atoms with Crippen LogP contribution < -0.4 is 4.90 Å². The van der Waals surface area contributed by atoms with Gasteiger partial charge in [0.15, 0.2) is 6.10 Å². The monoisotopic (exact) mass is 507 g/mol. The summed E-state index contributed by atoms with van der Waals surface area (Å²) in [6, 6.07) is 23.7. The number of carbonyl (C=O) groups is 4. The third kappa shape index (κ3) is 3.95. The molecule has 3 aromatic carbocycles. The van der Waals surface area contributed by atoms with E-state index in [1.54, 1.807) is 30.3 Å². The summed E-state index contributed by atoms with van der Waals surface area (Å²) in [4.78, 5) is 54.0. The highest BCUT2D eigenvalue weighted by Crippen LogP contribution is 2.61. The quantitative estimate of drug-likeness (QED) is 0.255. The molecule has 6 nitrogen and oxygen atoms in total. The minimum atomic E-state index is -0.978. The Bertz CT molecular complexity index is 1430. The second-order valence-corrected chi connectivity index (χ2v) is 10.8. The lowest BCUT2D eigenvalue weighted by molar-refractivity contribution is -0.123. The van der Waals surface area contributed by atoms with Crippen LogP contribution in [0.1, 0.15) is 57.5 Å². The van der Waals surface area contributed by atoms with Crippen LogP contribution in [0, 0.1) is 30.6 Å². The van der Waals surface area contributed by atoms with E-state index in [9.17, 15) is 19.2 Å². The molecule has 0 unspecified atom stereocenters. The van der Waals surface area contributed by atoms with Crippen LogP contribution in [0.15, 0.2) is 78.9 Å². The Hall–Kier alpha value is -4.06. The molecule has 6 atom stereocenters. The van der Waals surface area contributed by atoms with Gasteiger partial charge in [0.25, 0.3) is 0 Å². The Labute approximate surface area is 221 Å². The average Bonchev–Trinajstić information content (AvgIpc) is 3.60. The lowest BCUT2D eigenvalue weighted by atomic mass is 9.73. The Morgan fingerprint density at radius 2 is 1.55 bits per heavy atom. The SMILES string of the molecule is Cc1ccc(C(=O)[C@H](C)OC(=O)c2cccc(N3C(=O)[C@@H]4[C@H]5C[C@@H]([C@@H]4C3=O)[C@@H](c3ccccc3)C5)c2)cc1. The van der Waals surface area contributed by atoms with Gasteiger partial charge < -0.3 is 4.74 Å². The highest BCUT2D eigenvalue weighted by molar-refractivity contribution is 6.23. The number of Topliss-reactive ketones (excluding diaryl/α,β-unsaturated/α-hetero) is 1. The molecule has 1 heterocycles. The van der Waals surface area contributed by atoms with E-state index in [0.717, 1.165) is 18.4 Å². The number of hydrogen-bond acceptors (Lipinski definition) is 5. The predicted molar refractivity (Wildman–Crippen MR) is 142 cm³/mol. The summed E-state index contributed by atoms with van der Waals surface area (Å²) in [5.41, 5.74) is 3.29. The third-order valence-corrected chi connectivity index (χ3v) is 8.57. The first-order valence-corrected chi connectivity index (χ1v) is 13.2. The molecule has 192 valence electrons. The minimum absolute atomic E-state index is 0.149. The molecule has 2 bridgehead atoms. The van der Waals surface area contributed by atoms with E-state index in [1.165, 1.54) is 23.5 Å². The highest BCUT2D eigenvalue weighted by Gasteiger charge is 2.64. The maximum Gasteiger partial charge on any atom is 0.338 e. The van der Waals surface area contributed by atoms with Crippen molar-refractivity contribution < 1.29 is 23.9 Å². The number of ether oxygens (including phenoxy) is 1. The second kappa shape index (κ2) is 9.35. The zero-order chi connectivity index (χ0) is 26.6. The van der Waals surface area contributed by atoms with Gasteiger partial charge in [-0.3, -0.25) is 19.3 Å². The van der Waals surface area contributed by atoms with Crippen molar-refractivity contribution in [2.24, 2.45) is 23.7 Å². The van der Waals surface area contributed by atoms with Crippen molar-refractivity contribution in [2.75, 3.05) is 4.90 Å². The summed E-state index contributed by atoms with van der Waals surface area (Å²) in [5, 5.41) is 0. The predicted octanol–water partition coefficient (Wildman–Crippen LogP) is 5.35. The molecular weight excluding hydrogens is 478 g/mol. The number of aryl methyl sites for hydroxylation is 1. The van der Waals surface area contributed by atoms with Crippen molar-refractivity contribution >= 4 is 29.3 Å². The topological polar surface area (TPSA) is 80.8 Å². The summed E-state index contributed by atoms with van der Waals surface area (Å²) in [6.45, 7) is 3.47. The summed E-state index contributed by atoms with van der Waals surface area (Å²) in [6.07, 6.45) is 0.843. The van der Waals surface area contributed by atoms with Crippen LogP contribution in [0.25, 0.3) is 0 Å². The second-order valence-electron chi connectivity index (χ2n) is 10.8. The zero-order valence-corrected chi connectivity index (χ0v) is 21.4. The molecule has 2 saturated carbocycles. The normalized spacial score (nSPS) is 26.4. The Kier molecular flexibility index (Phi) is 5.98. The first kappa shape index (κ1) is 24.3. The average molecular weight is 508 g/mol. The van der Waals surface area contributed by atoms with E-state index in [2.05, 4.69) is 12.1 Å². The molecule has 6 rings (SSSR count). The Morgan fingerprint density at radius 3 is 2.29 bits per heavy atom. The van der Waals surface area contributed by atoms with Crippen LogP contribution in [0.5, 0.6) is 0 Å². The van der Waals surface area contributed by atoms with E-state index in [0.29, 0.717) is 11.3 Å². The number of hydrogen-bond donors (Lipinski definition) is 0. The molecule has 2 amide bonds. The van der Waals surface area contributed by atoms with Crippen molar-refractivity contribution in [3.05, 3.63) is 101 Å². The van der Waals surface area contributed by atoms with E-state index < -0.39 is 12.1 Å². The van der Waals surface area contributed by atoms with E-state index in [1.807, 2.05) is 37.3 Å². The molecule has 0 spiro atoms. The number of esters is 1. The molecular formula is C32H29NO5. The number of rotatable bonds is 6. The largest absolute Gasteiger partial charge is 0.451 e. The van der Waals surface area contributed by atoms with Gasteiger partial charge in [0, 0.05) is 5.56 Å². The number of imide groups is 1. The van der Waals surface area contributed by atoms with Gasteiger partial charge in [0.1, 0.15) is 0 Å². The molecule has 0 radical (unpaired) electrons. The van der Waals surface area contributed by atoms with Gasteiger partial charge in [0.2, 0.25) is 17.6 Å². The molecule has 3 aromatic rings. The van der Waals surface area contributed by atoms with Gasteiger partial charge in [-0.15, -0.1) is 0 Å². The number of nitrogens with zero attached hydrogens (tertiary/aromatic N) is 1. The van der Waals surface area contributed by atoms with Gasteiger partial charge >= 0.3 is 5.97 Å². The maximum atomic E-state index is 13.6. The summed E-state index contributed by atoms with van der Waals surface area (Å²) >= 11 is 0. The molecule has 3 aliphatic rings. The molecule has 1 aliphatic heterocycles. The Balaban J connectivity index is 1.19. The van der Waals surface area contributed by atoms with Gasteiger partial charge in [0.05, 0.1) is 23.1 Å². The maximum absolute atomic E-state index is 13.6. The van der Waals surface area contributed by atoms with E-state index in [-0.39, 0.29) is 52.8 Å².